The summed E-state index contributed by atoms with van der Waals surface area (Å²) >= 11 is 9.70. The molecule has 3 radical (unpaired) electrons. The molecule has 6 aromatic heterocycles. The van der Waals surface area contributed by atoms with Gasteiger partial charge < -0.3 is 33.6 Å². The summed E-state index contributed by atoms with van der Waals surface area (Å²) < 4.78 is 28.4. The summed E-state index contributed by atoms with van der Waals surface area (Å²) in [7, 11) is 0. The second-order valence-corrected chi connectivity index (χ2v) is 21.9. The van der Waals surface area contributed by atoms with Crippen molar-refractivity contribution in [3.8, 4) is 0 Å². The number of aryl methyl sites for hydroxylation is 2. The molecule has 0 spiro atoms. The number of carbonyl (C=O) groups is 3. The van der Waals surface area contributed by atoms with Crippen molar-refractivity contribution in [3.05, 3.63) is 128 Å². The van der Waals surface area contributed by atoms with Crippen molar-refractivity contribution in [2.24, 2.45) is 0 Å². The molecule has 0 bridgehead atoms. The molecule has 3 aliphatic rings. The van der Waals surface area contributed by atoms with Gasteiger partial charge in [-0.1, -0.05) is 35.6 Å². The number of hydrogen-bond acceptors (Lipinski definition) is 16. The van der Waals surface area contributed by atoms with Crippen LogP contribution in [0, 0.1) is 6.92 Å². The van der Waals surface area contributed by atoms with Crippen LogP contribution >= 0.6 is 68.4 Å². The monoisotopic (exact) mass is 1140 g/mol. The molecule has 6 aromatic rings. The predicted molar refractivity (Wildman–Crippen MR) is 315 cm³/mol. The number of carbonyl (C=O) groups excluding carboxylic acids is 3. The van der Waals surface area contributed by atoms with E-state index in [1.54, 1.807) is 48.7 Å². The highest BCUT2D eigenvalue weighted by molar-refractivity contribution is 7.99. The van der Waals surface area contributed by atoms with Gasteiger partial charge in [0.2, 0.25) is 0 Å². The first-order chi connectivity index (χ1) is 33.8. The van der Waals surface area contributed by atoms with E-state index in [0.717, 1.165) is 84.5 Å². The molecule has 9 heterocycles. The van der Waals surface area contributed by atoms with E-state index in [4.69, 9.17) is 28.5 Å². The van der Waals surface area contributed by atoms with Gasteiger partial charge in [-0.05, 0) is 159 Å². The molecule has 0 saturated carbocycles. The van der Waals surface area contributed by atoms with E-state index in [2.05, 4.69) is 37.6 Å². The SMILES string of the molecule is C.C.CC(O)c1ccsc1.CC(OC1CCCCO1)c1ccsc1.CCC(=O)c1sccc1C(C)O.CCC(=O)c1sccc1C(C)OC1CCCCO1.CCc1oc(C)c2c1SCC2.F.O=Cc1ccsc1.[2HH].[B]. The molecule has 3 aliphatic heterocycles. The molecule has 0 aliphatic carbocycles. The number of halogens is 1. The topological polar surface area (TPSA) is 142 Å². The number of ether oxygens (including phenoxy) is 4. The van der Waals surface area contributed by atoms with E-state index < -0.39 is 6.10 Å². The number of hydrogen-bond donors (Lipinski definition) is 2. The molecule has 6 atom stereocenters. The number of furan rings is 1. The predicted octanol–water partition coefficient (Wildman–Crippen LogP) is 17.1. The molecular weight excluding hydrogens is 1050 g/mol. The number of Topliss-reactive ketones (excluding diaryl/α,β-unsaturated/α-hetero) is 2. The zero-order valence-corrected chi connectivity index (χ0v) is 47.7. The third-order valence-electron chi connectivity index (χ3n) is 11.3. The van der Waals surface area contributed by atoms with Gasteiger partial charge in [-0.25, -0.2) is 0 Å². The molecule has 10 nitrogen and oxygen atoms in total. The molecule has 2 N–H and O–H groups in total. The Balaban J connectivity index is 0. The molecule has 0 aromatic carbocycles. The van der Waals surface area contributed by atoms with Crippen LogP contribution in [0.25, 0.3) is 0 Å². The third-order valence-corrected chi connectivity index (χ3v) is 16.5. The van der Waals surface area contributed by atoms with Crippen molar-refractivity contribution in [1.29, 1.82) is 0 Å². The van der Waals surface area contributed by atoms with Crippen molar-refractivity contribution >= 4 is 94.7 Å². The standard InChI is InChI=1S/C14H20O3S.C11H16O2S.C9H12O2S.C9H12OS.C6H8OS.C5H4OS.2CH4.B.FH.H2/c1-3-12(15)14-11(7-9-18-14)10(2)17-13-6-4-5-8-16-13;1-9(10-5-7-14-8-10)13-11-4-2-3-6-12-11;1-3-8(11)9-7(6(2)10)4-5-12-9;1-3-8-9-7(4-5-11-9)6(2)10-8;1-5(7)6-2-3-8-4-6;6-3-5-1-2-7-4-5;;;;;/h7,9-10,13H,3-6,8H2,1-2H3;5,7-9,11H,2-4,6H2,1H3;4-6,10H,3H2,1-2H3;3-5H2,1-2H3;2-5,7H,1H3;1-4H;2*1H4;;2*1H/i;;;;;;;;;;1+1. The second kappa shape index (κ2) is 39.3. The number of ketones is 2. The molecule has 413 valence electrons. The fourth-order valence-electron chi connectivity index (χ4n) is 7.23. The average molecular weight is 1140 g/mol. The van der Waals surface area contributed by atoms with Crippen LogP contribution in [0.1, 0.15) is 210 Å². The van der Waals surface area contributed by atoms with Crippen LogP contribution in [0.2, 0.25) is 0 Å². The van der Waals surface area contributed by atoms with E-state index in [1.807, 2.05) is 76.9 Å². The van der Waals surface area contributed by atoms with Gasteiger partial charge >= 0.3 is 0 Å². The maximum absolute atomic E-state index is 11.8. The summed E-state index contributed by atoms with van der Waals surface area (Å²) in [6.45, 7) is 17.1. The third kappa shape index (κ3) is 23.6. The van der Waals surface area contributed by atoms with E-state index in [0.29, 0.717) is 17.7 Å². The summed E-state index contributed by atoms with van der Waals surface area (Å²) in [4.78, 5) is 36.0. The van der Waals surface area contributed by atoms with Crippen LogP contribution in [0.3, 0.4) is 0 Å². The fraction of sp³-hybridized carbons (Fsp3) is 0.518. The van der Waals surface area contributed by atoms with Crippen molar-refractivity contribution in [3.63, 3.8) is 0 Å². The van der Waals surface area contributed by atoms with Crippen molar-refractivity contribution in [2.75, 3.05) is 19.0 Å². The van der Waals surface area contributed by atoms with Gasteiger partial charge in [0.25, 0.3) is 0 Å². The Morgan fingerprint density at radius 2 is 1.23 bits per heavy atom. The van der Waals surface area contributed by atoms with E-state index in [9.17, 15) is 19.5 Å². The maximum atomic E-state index is 11.8. The van der Waals surface area contributed by atoms with Gasteiger partial charge in [0.05, 0.1) is 39.1 Å². The lowest BCUT2D eigenvalue weighted by Crippen LogP contribution is -2.23. The number of thioether (sulfide) groups is 1. The first kappa shape index (κ1) is 70.9. The second-order valence-electron chi connectivity index (χ2n) is 16.6. The van der Waals surface area contributed by atoms with Crippen molar-refractivity contribution in [2.45, 2.75) is 176 Å². The summed E-state index contributed by atoms with van der Waals surface area (Å²) in [5.41, 5.74) is 6.25. The molecule has 18 heteroatoms. The zero-order valence-electron chi connectivity index (χ0n) is 42.8. The Morgan fingerprint density at radius 3 is 1.65 bits per heavy atom. The van der Waals surface area contributed by atoms with Crippen molar-refractivity contribution in [1.82, 2.24) is 0 Å². The molecular formula is C56H83BFO10S6. The number of aldehydes is 1. The minimum absolute atomic E-state index is 0. The van der Waals surface area contributed by atoms with Gasteiger partial charge in [-0.2, -0.15) is 34.0 Å². The Kier molecular flexibility index (Phi) is 37.6. The quantitative estimate of drug-likeness (QED) is 0.0611. The van der Waals surface area contributed by atoms with Crippen LogP contribution in [0.4, 0.5) is 4.70 Å². The van der Waals surface area contributed by atoms with Crippen LogP contribution in [0.5, 0.6) is 0 Å². The lowest BCUT2D eigenvalue weighted by molar-refractivity contribution is -0.186. The van der Waals surface area contributed by atoms with E-state index >= 15 is 0 Å². The summed E-state index contributed by atoms with van der Waals surface area (Å²) in [5.74, 6) is 3.89. The van der Waals surface area contributed by atoms with Gasteiger partial charge in [0.15, 0.2) is 30.4 Å². The lowest BCUT2D eigenvalue weighted by Gasteiger charge is -2.26. The Labute approximate surface area is 469 Å². The van der Waals surface area contributed by atoms with E-state index in [1.165, 1.54) is 80.8 Å². The number of thiophene rings is 5. The Bertz CT molecular complexity index is 2340. The van der Waals surface area contributed by atoms with Gasteiger partial charge in [-0.15, -0.1) is 34.4 Å². The molecule has 74 heavy (non-hydrogen) atoms. The summed E-state index contributed by atoms with van der Waals surface area (Å²) in [5, 5.41) is 33.8. The van der Waals surface area contributed by atoms with Gasteiger partial charge in [0.1, 0.15) is 11.5 Å². The normalized spacial score (nSPS) is 16.7. The summed E-state index contributed by atoms with van der Waals surface area (Å²) in [6, 6.07) is 9.62. The van der Waals surface area contributed by atoms with Crippen LogP contribution in [0.15, 0.2) is 82.7 Å². The van der Waals surface area contributed by atoms with Gasteiger partial charge in [0, 0.05) is 75.7 Å². The smallest absolute Gasteiger partial charge is 0.172 e. The summed E-state index contributed by atoms with van der Waals surface area (Å²) in [6.07, 6.45) is 9.91. The highest BCUT2D eigenvalue weighted by Gasteiger charge is 2.24. The van der Waals surface area contributed by atoms with Crippen LogP contribution in [-0.4, -0.2) is 68.0 Å². The van der Waals surface area contributed by atoms with Crippen LogP contribution < -0.4 is 0 Å². The molecule has 2 saturated heterocycles. The minimum atomic E-state index is -0.540. The Hall–Kier alpha value is -3.11. The Morgan fingerprint density at radius 1 is 0.716 bits per heavy atom. The molecule has 9 rings (SSSR count). The lowest BCUT2D eigenvalue weighted by atomic mass is 10.1. The minimum Gasteiger partial charge on any atom is -0.465 e. The van der Waals surface area contributed by atoms with Crippen molar-refractivity contribution < 1.29 is 54.1 Å². The van der Waals surface area contributed by atoms with E-state index in [-0.39, 0.29) is 71.9 Å². The zero-order chi connectivity index (χ0) is 50.8. The van der Waals surface area contributed by atoms with Crippen LogP contribution in [-0.2, 0) is 31.8 Å². The number of fused-ring (bicyclic) bond motifs is 1. The first-order valence-corrected chi connectivity index (χ1v) is 29.8. The van der Waals surface area contributed by atoms with Gasteiger partial charge in [-0.3, -0.25) is 19.1 Å². The molecule has 0 amide bonds. The number of rotatable bonds is 14. The first-order valence-electron chi connectivity index (χ1n) is 24.2. The number of aliphatic hydroxyl groups is 2. The largest absolute Gasteiger partial charge is 0.465 e. The fourth-order valence-corrected chi connectivity index (χ4v) is 12.6. The highest BCUT2D eigenvalue weighted by Crippen LogP contribution is 2.38. The molecule has 2 fully saturated rings. The number of aliphatic hydroxyl groups excluding tert-OH is 2. The average Bonchev–Trinajstić information content (AvgIpc) is 4.24. The maximum Gasteiger partial charge on any atom is 0.172 e. The molecule has 6 unspecified atom stereocenters. The highest BCUT2D eigenvalue weighted by atomic mass is 32.2.